The number of ether oxygens (including phenoxy) is 2. The summed E-state index contributed by atoms with van der Waals surface area (Å²) in [7, 11) is 1.60. The van der Waals surface area contributed by atoms with Crippen LogP contribution in [-0.4, -0.2) is 13.1 Å². The van der Waals surface area contributed by atoms with Gasteiger partial charge >= 0.3 is 5.97 Å². The Morgan fingerprint density at radius 1 is 1.36 bits per heavy atom. The highest BCUT2D eigenvalue weighted by Gasteiger charge is 2.41. The molecule has 1 aliphatic heterocycles. The minimum absolute atomic E-state index is 0.208. The third-order valence-electron chi connectivity index (χ3n) is 2.57. The average Bonchev–Trinajstić information content (AvgIpc) is 2.38. The Kier molecular flexibility index (Phi) is 1.77. The van der Waals surface area contributed by atoms with E-state index in [9.17, 15) is 4.79 Å². The third-order valence-corrected chi connectivity index (χ3v) is 2.57. The molecule has 0 aromatic heterocycles. The molecule has 0 saturated heterocycles. The van der Waals surface area contributed by atoms with Crippen LogP contribution in [0.5, 0.6) is 11.5 Å². The van der Waals surface area contributed by atoms with E-state index in [0.29, 0.717) is 5.75 Å². The van der Waals surface area contributed by atoms with E-state index in [1.807, 2.05) is 19.9 Å². The molecule has 0 atom stereocenters. The van der Waals surface area contributed by atoms with Crippen LogP contribution in [0.3, 0.4) is 0 Å². The molecule has 3 nitrogen and oxygen atoms in total. The standard InChI is InChI=1S/C11H12O3/c1-11(2)8-6-7(13-3)4-5-9(8)14-10(11)12/h4-6H,1-3H3. The molecule has 1 aromatic carbocycles. The summed E-state index contributed by atoms with van der Waals surface area (Å²) < 4.78 is 10.2. The van der Waals surface area contributed by atoms with Gasteiger partial charge in [0, 0.05) is 5.56 Å². The summed E-state index contributed by atoms with van der Waals surface area (Å²) in [5.74, 6) is 1.18. The number of hydrogen-bond acceptors (Lipinski definition) is 3. The van der Waals surface area contributed by atoms with Crippen molar-refractivity contribution in [3.63, 3.8) is 0 Å². The second kappa shape index (κ2) is 2.74. The molecule has 3 heteroatoms. The van der Waals surface area contributed by atoms with Crippen LogP contribution in [-0.2, 0) is 10.2 Å². The van der Waals surface area contributed by atoms with E-state index < -0.39 is 5.41 Å². The summed E-state index contributed by atoms with van der Waals surface area (Å²) in [5, 5.41) is 0. The lowest BCUT2D eigenvalue weighted by Gasteiger charge is -2.13. The van der Waals surface area contributed by atoms with Gasteiger partial charge in [0.1, 0.15) is 11.5 Å². The minimum Gasteiger partial charge on any atom is -0.497 e. The van der Waals surface area contributed by atoms with Gasteiger partial charge in [-0.05, 0) is 32.0 Å². The lowest BCUT2D eigenvalue weighted by atomic mass is 9.86. The summed E-state index contributed by atoms with van der Waals surface area (Å²) in [6.07, 6.45) is 0. The van der Waals surface area contributed by atoms with E-state index in [2.05, 4.69) is 0 Å². The average molecular weight is 192 g/mol. The molecule has 1 aromatic rings. The fourth-order valence-electron chi connectivity index (χ4n) is 1.55. The van der Waals surface area contributed by atoms with Gasteiger partial charge in [-0.3, -0.25) is 4.79 Å². The Morgan fingerprint density at radius 2 is 2.07 bits per heavy atom. The predicted octanol–water partition coefficient (Wildman–Crippen LogP) is 1.89. The van der Waals surface area contributed by atoms with Crippen molar-refractivity contribution < 1.29 is 14.3 Å². The van der Waals surface area contributed by atoms with Crippen molar-refractivity contribution in [2.24, 2.45) is 0 Å². The van der Waals surface area contributed by atoms with Crippen LogP contribution < -0.4 is 9.47 Å². The van der Waals surface area contributed by atoms with Crippen LogP contribution in [0.4, 0.5) is 0 Å². The monoisotopic (exact) mass is 192 g/mol. The molecule has 1 heterocycles. The number of fused-ring (bicyclic) bond motifs is 1. The second-order valence-corrected chi connectivity index (χ2v) is 3.88. The minimum atomic E-state index is -0.566. The highest BCUT2D eigenvalue weighted by atomic mass is 16.5. The van der Waals surface area contributed by atoms with Crippen molar-refractivity contribution in [3.8, 4) is 11.5 Å². The van der Waals surface area contributed by atoms with Crippen molar-refractivity contribution in [1.29, 1.82) is 0 Å². The van der Waals surface area contributed by atoms with E-state index in [-0.39, 0.29) is 5.97 Å². The van der Waals surface area contributed by atoms with Crippen molar-refractivity contribution in [3.05, 3.63) is 23.8 Å². The first kappa shape index (κ1) is 9.06. The van der Waals surface area contributed by atoms with Gasteiger partial charge in [-0.15, -0.1) is 0 Å². The van der Waals surface area contributed by atoms with Gasteiger partial charge in [-0.2, -0.15) is 0 Å². The zero-order valence-electron chi connectivity index (χ0n) is 8.46. The molecule has 2 rings (SSSR count). The summed E-state index contributed by atoms with van der Waals surface area (Å²) in [6, 6.07) is 5.40. The first-order valence-corrected chi connectivity index (χ1v) is 4.46. The zero-order valence-corrected chi connectivity index (χ0v) is 8.46. The van der Waals surface area contributed by atoms with Crippen molar-refractivity contribution in [2.75, 3.05) is 7.11 Å². The molecule has 1 aliphatic rings. The molecule has 0 radical (unpaired) electrons. The molecule has 0 amide bonds. The number of methoxy groups -OCH3 is 1. The lowest BCUT2D eigenvalue weighted by molar-refractivity contribution is -0.137. The van der Waals surface area contributed by atoms with Crippen LogP contribution in [0.2, 0.25) is 0 Å². The van der Waals surface area contributed by atoms with Gasteiger partial charge in [0.15, 0.2) is 0 Å². The second-order valence-electron chi connectivity index (χ2n) is 3.88. The molecule has 14 heavy (non-hydrogen) atoms. The molecule has 0 unspecified atom stereocenters. The van der Waals surface area contributed by atoms with E-state index in [0.717, 1.165) is 11.3 Å². The van der Waals surface area contributed by atoms with Crippen LogP contribution in [0.15, 0.2) is 18.2 Å². The van der Waals surface area contributed by atoms with Crippen LogP contribution in [0.1, 0.15) is 19.4 Å². The highest BCUT2D eigenvalue weighted by Crippen LogP contribution is 2.40. The molecule has 0 fully saturated rings. The number of carbonyl (C=O) groups is 1. The Bertz CT molecular complexity index is 394. The number of carbonyl (C=O) groups excluding carboxylic acids is 1. The van der Waals surface area contributed by atoms with Crippen LogP contribution in [0, 0.1) is 0 Å². The number of hydrogen-bond donors (Lipinski definition) is 0. The van der Waals surface area contributed by atoms with Gasteiger partial charge in [-0.25, -0.2) is 0 Å². The van der Waals surface area contributed by atoms with E-state index in [1.54, 1.807) is 19.2 Å². The number of esters is 1. The summed E-state index contributed by atoms with van der Waals surface area (Å²) in [6.45, 7) is 3.70. The Morgan fingerprint density at radius 3 is 2.71 bits per heavy atom. The first-order valence-electron chi connectivity index (χ1n) is 4.46. The quantitative estimate of drug-likeness (QED) is 0.503. The van der Waals surface area contributed by atoms with Crippen LogP contribution in [0.25, 0.3) is 0 Å². The highest BCUT2D eigenvalue weighted by molar-refractivity contribution is 5.89. The smallest absolute Gasteiger partial charge is 0.321 e. The SMILES string of the molecule is COc1ccc2c(c1)C(C)(C)C(=O)O2. The summed E-state index contributed by atoms with van der Waals surface area (Å²) >= 11 is 0. The van der Waals surface area contributed by atoms with E-state index in [1.165, 1.54) is 0 Å². The zero-order chi connectivity index (χ0) is 10.3. The number of benzene rings is 1. The van der Waals surface area contributed by atoms with E-state index >= 15 is 0 Å². The van der Waals surface area contributed by atoms with Gasteiger partial charge in [-0.1, -0.05) is 0 Å². The van der Waals surface area contributed by atoms with Crippen molar-refractivity contribution >= 4 is 5.97 Å². The molecule has 0 spiro atoms. The van der Waals surface area contributed by atoms with Gasteiger partial charge in [0.05, 0.1) is 12.5 Å². The Labute approximate surface area is 82.6 Å². The molecule has 0 aliphatic carbocycles. The fraction of sp³-hybridized carbons (Fsp3) is 0.364. The van der Waals surface area contributed by atoms with Crippen molar-refractivity contribution in [1.82, 2.24) is 0 Å². The van der Waals surface area contributed by atoms with Crippen LogP contribution >= 0.6 is 0 Å². The largest absolute Gasteiger partial charge is 0.497 e. The summed E-state index contributed by atoms with van der Waals surface area (Å²) in [5.41, 5.74) is 0.325. The number of rotatable bonds is 1. The third kappa shape index (κ3) is 1.09. The van der Waals surface area contributed by atoms with Gasteiger partial charge < -0.3 is 9.47 Å². The maximum absolute atomic E-state index is 11.5. The Hall–Kier alpha value is -1.51. The predicted molar refractivity (Wildman–Crippen MR) is 51.7 cm³/mol. The summed E-state index contributed by atoms with van der Waals surface area (Å²) in [4.78, 5) is 11.5. The topological polar surface area (TPSA) is 35.5 Å². The normalized spacial score (nSPS) is 17.5. The van der Waals surface area contributed by atoms with Crippen molar-refractivity contribution in [2.45, 2.75) is 19.3 Å². The molecule has 0 saturated carbocycles. The molecular weight excluding hydrogens is 180 g/mol. The Balaban J connectivity index is 2.56. The molecule has 74 valence electrons. The lowest BCUT2D eigenvalue weighted by Crippen LogP contribution is -2.25. The molecule has 0 bridgehead atoms. The van der Waals surface area contributed by atoms with E-state index in [4.69, 9.17) is 9.47 Å². The molecular formula is C11H12O3. The van der Waals surface area contributed by atoms with Gasteiger partial charge in [0.2, 0.25) is 0 Å². The fourth-order valence-corrected chi connectivity index (χ4v) is 1.55. The van der Waals surface area contributed by atoms with Gasteiger partial charge in [0.25, 0.3) is 0 Å². The molecule has 0 N–H and O–H groups in total. The maximum Gasteiger partial charge on any atom is 0.321 e. The first-order chi connectivity index (χ1) is 6.55. The maximum atomic E-state index is 11.5.